The number of benzene rings is 1. The van der Waals surface area contributed by atoms with Crippen molar-refractivity contribution in [3.63, 3.8) is 0 Å². The number of halogens is 1. The second-order valence-electron chi connectivity index (χ2n) is 5.84. The van der Waals surface area contributed by atoms with Gasteiger partial charge >= 0.3 is 0 Å². The normalized spacial score (nSPS) is 23.3. The monoisotopic (exact) mass is 326 g/mol. The minimum Gasteiger partial charge on any atom is -0.492 e. The highest BCUT2D eigenvalue weighted by Gasteiger charge is 2.31. The highest BCUT2D eigenvalue weighted by Crippen LogP contribution is 2.19. The van der Waals surface area contributed by atoms with Crippen molar-refractivity contribution in [1.82, 2.24) is 10.2 Å². The van der Waals surface area contributed by atoms with Crippen LogP contribution in [0.3, 0.4) is 0 Å². The van der Waals surface area contributed by atoms with Crippen LogP contribution < -0.4 is 10.1 Å². The third-order valence-corrected chi connectivity index (χ3v) is 4.21. The summed E-state index contributed by atoms with van der Waals surface area (Å²) in [5.74, 6) is 0.934. The van der Waals surface area contributed by atoms with E-state index in [1.54, 1.807) is 0 Å². The minimum atomic E-state index is 0.204. The molecule has 4 heteroatoms. The van der Waals surface area contributed by atoms with Crippen LogP contribution in [0.5, 0.6) is 5.75 Å². The van der Waals surface area contributed by atoms with Crippen LogP contribution in [-0.2, 0) is 0 Å². The summed E-state index contributed by atoms with van der Waals surface area (Å²) in [6.45, 7) is 10.6. The second-order valence-corrected chi connectivity index (χ2v) is 6.76. The Morgan fingerprint density at radius 2 is 2.05 bits per heavy atom. The molecule has 0 aliphatic carbocycles. The summed E-state index contributed by atoms with van der Waals surface area (Å²) in [6.07, 6.45) is 0. The summed E-state index contributed by atoms with van der Waals surface area (Å²) >= 11 is 3.43. The van der Waals surface area contributed by atoms with E-state index in [1.165, 1.54) is 0 Å². The Hall–Kier alpha value is -0.580. The highest BCUT2D eigenvalue weighted by atomic mass is 79.9. The largest absolute Gasteiger partial charge is 0.492 e. The Bertz CT molecular complexity index is 405. The van der Waals surface area contributed by atoms with E-state index in [4.69, 9.17) is 4.74 Å². The van der Waals surface area contributed by atoms with Crippen LogP contribution in [0, 0.1) is 0 Å². The average Bonchev–Trinajstić information content (AvgIpc) is 2.36. The molecule has 3 nitrogen and oxygen atoms in total. The van der Waals surface area contributed by atoms with Crippen molar-refractivity contribution < 1.29 is 4.74 Å². The predicted octanol–water partition coefficient (Wildman–Crippen LogP) is 2.90. The molecule has 0 amide bonds. The van der Waals surface area contributed by atoms with Crippen LogP contribution in [0.25, 0.3) is 0 Å². The fourth-order valence-electron chi connectivity index (χ4n) is 2.38. The Morgan fingerprint density at radius 3 is 2.74 bits per heavy atom. The molecule has 1 unspecified atom stereocenters. The molecule has 19 heavy (non-hydrogen) atoms. The predicted molar refractivity (Wildman–Crippen MR) is 82.8 cm³/mol. The van der Waals surface area contributed by atoms with E-state index < -0.39 is 0 Å². The number of piperazine rings is 1. The van der Waals surface area contributed by atoms with Crippen LogP contribution >= 0.6 is 15.9 Å². The summed E-state index contributed by atoms with van der Waals surface area (Å²) in [7, 11) is 0. The molecule has 1 saturated heterocycles. The molecule has 106 valence electrons. The van der Waals surface area contributed by atoms with Gasteiger partial charge in [0.1, 0.15) is 12.4 Å². The summed E-state index contributed by atoms with van der Waals surface area (Å²) in [5.41, 5.74) is 0.204. The Balaban J connectivity index is 1.82. The maximum Gasteiger partial charge on any atom is 0.119 e. The van der Waals surface area contributed by atoms with Gasteiger partial charge in [-0.2, -0.15) is 0 Å². The third kappa shape index (κ3) is 4.20. The maximum absolute atomic E-state index is 5.81. The summed E-state index contributed by atoms with van der Waals surface area (Å²) in [4.78, 5) is 2.51. The molecule has 1 fully saturated rings. The van der Waals surface area contributed by atoms with Gasteiger partial charge in [-0.1, -0.05) is 15.9 Å². The molecule has 0 bridgehead atoms. The molecule has 2 rings (SSSR count). The van der Waals surface area contributed by atoms with Crippen molar-refractivity contribution >= 4 is 15.9 Å². The fraction of sp³-hybridized carbons (Fsp3) is 0.600. The minimum absolute atomic E-state index is 0.204. The van der Waals surface area contributed by atoms with E-state index in [-0.39, 0.29) is 5.54 Å². The number of hydrogen-bond donors (Lipinski definition) is 1. The molecule has 0 radical (unpaired) electrons. The van der Waals surface area contributed by atoms with E-state index in [0.29, 0.717) is 6.04 Å². The van der Waals surface area contributed by atoms with Crippen molar-refractivity contribution in [3.8, 4) is 5.75 Å². The van der Waals surface area contributed by atoms with Crippen LogP contribution in [0.4, 0.5) is 0 Å². The van der Waals surface area contributed by atoms with Gasteiger partial charge in [0.2, 0.25) is 0 Å². The van der Waals surface area contributed by atoms with E-state index in [1.807, 2.05) is 24.3 Å². The molecular weight excluding hydrogens is 304 g/mol. The van der Waals surface area contributed by atoms with Crippen molar-refractivity contribution in [2.24, 2.45) is 0 Å². The molecule has 0 aromatic heterocycles. The van der Waals surface area contributed by atoms with Gasteiger partial charge in [0.05, 0.1) is 0 Å². The zero-order valence-electron chi connectivity index (χ0n) is 11.9. The van der Waals surface area contributed by atoms with E-state index in [2.05, 4.69) is 46.9 Å². The first kappa shape index (κ1) is 14.8. The Labute approximate surface area is 124 Å². The topological polar surface area (TPSA) is 24.5 Å². The van der Waals surface area contributed by atoms with Gasteiger partial charge in [-0.15, -0.1) is 0 Å². The lowest BCUT2D eigenvalue weighted by atomic mass is 9.98. The third-order valence-electron chi connectivity index (χ3n) is 3.68. The SMILES string of the molecule is CC1CN(CCOc2ccc(Br)cc2)C(C)(C)CN1. The van der Waals surface area contributed by atoms with Crippen LogP contribution in [0.2, 0.25) is 0 Å². The molecule has 1 aromatic rings. The van der Waals surface area contributed by atoms with Gasteiger partial charge in [-0.25, -0.2) is 0 Å². The number of nitrogens with zero attached hydrogens (tertiary/aromatic N) is 1. The first-order valence-electron chi connectivity index (χ1n) is 6.84. The number of hydrogen-bond acceptors (Lipinski definition) is 3. The van der Waals surface area contributed by atoms with Crippen molar-refractivity contribution in [3.05, 3.63) is 28.7 Å². The average molecular weight is 327 g/mol. The molecule has 0 saturated carbocycles. The number of rotatable bonds is 4. The Kier molecular flexibility index (Phi) is 4.87. The quantitative estimate of drug-likeness (QED) is 0.920. The fourth-order valence-corrected chi connectivity index (χ4v) is 2.64. The highest BCUT2D eigenvalue weighted by molar-refractivity contribution is 9.10. The van der Waals surface area contributed by atoms with Gasteiger partial charge in [0, 0.05) is 35.7 Å². The molecule has 1 heterocycles. The molecule has 1 N–H and O–H groups in total. The number of nitrogens with one attached hydrogen (secondary N) is 1. The first-order valence-corrected chi connectivity index (χ1v) is 7.63. The van der Waals surface area contributed by atoms with E-state index in [9.17, 15) is 0 Å². The lowest BCUT2D eigenvalue weighted by Crippen LogP contribution is -2.61. The second kappa shape index (κ2) is 6.25. The molecular formula is C15H23BrN2O. The van der Waals surface area contributed by atoms with Crippen LogP contribution in [0.15, 0.2) is 28.7 Å². The van der Waals surface area contributed by atoms with Gasteiger partial charge < -0.3 is 10.1 Å². The van der Waals surface area contributed by atoms with Gasteiger partial charge in [-0.05, 0) is 45.0 Å². The van der Waals surface area contributed by atoms with Gasteiger partial charge in [-0.3, -0.25) is 4.90 Å². The Morgan fingerprint density at radius 1 is 1.37 bits per heavy atom. The van der Waals surface area contributed by atoms with Gasteiger partial charge in [0.15, 0.2) is 0 Å². The number of ether oxygens (including phenoxy) is 1. The standard InChI is InChI=1S/C15H23BrN2O/c1-12-10-18(15(2,3)11-17-12)8-9-19-14-6-4-13(16)5-7-14/h4-7,12,17H,8-11H2,1-3H3. The van der Waals surface area contributed by atoms with Crippen molar-refractivity contribution in [1.29, 1.82) is 0 Å². The summed E-state index contributed by atoms with van der Waals surface area (Å²) in [6, 6.07) is 8.56. The summed E-state index contributed by atoms with van der Waals surface area (Å²) in [5, 5.41) is 3.53. The van der Waals surface area contributed by atoms with Crippen molar-refractivity contribution in [2.75, 3.05) is 26.2 Å². The summed E-state index contributed by atoms with van der Waals surface area (Å²) < 4.78 is 6.89. The lowest BCUT2D eigenvalue weighted by Gasteiger charge is -2.45. The van der Waals surface area contributed by atoms with E-state index >= 15 is 0 Å². The molecule has 1 atom stereocenters. The molecule has 0 spiro atoms. The lowest BCUT2D eigenvalue weighted by molar-refractivity contribution is 0.0566. The smallest absolute Gasteiger partial charge is 0.119 e. The zero-order valence-corrected chi connectivity index (χ0v) is 13.5. The van der Waals surface area contributed by atoms with Crippen LogP contribution in [0.1, 0.15) is 20.8 Å². The molecule has 1 aromatic carbocycles. The first-order chi connectivity index (χ1) is 8.97. The van der Waals surface area contributed by atoms with Gasteiger partial charge in [0.25, 0.3) is 0 Å². The zero-order chi connectivity index (χ0) is 13.9. The molecule has 1 aliphatic rings. The van der Waals surface area contributed by atoms with Crippen LogP contribution in [-0.4, -0.2) is 42.7 Å². The molecule has 1 aliphatic heterocycles. The van der Waals surface area contributed by atoms with Crippen molar-refractivity contribution in [2.45, 2.75) is 32.4 Å². The maximum atomic E-state index is 5.81. The van der Waals surface area contributed by atoms with E-state index in [0.717, 1.165) is 36.5 Å².